The highest BCUT2D eigenvalue weighted by Crippen LogP contribution is 2.27. The van der Waals surface area contributed by atoms with Gasteiger partial charge in [0.25, 0.3) is 11.8 Å². The van der Waals surface area contributed by atoms with E-state index in [9.17, 15) is 14.4 Å². The van der Waals surface area contributed by atoms with Gasteiger partial charge in [0.1, 0.15) is 17.9 Å². The lowest BCUT2D eigenvalue weighted by molar-refractivity contribution is -0.122. The quantitative estimate of drug-likeness (QED) is 0.176. The van der Waals surface area contributed by atoms with Crippen LogP contribution in [-0.4, -0.2) is 28.0 Å². The molecule has 1 heterocycles. The molecule has 0 radical (unpaired) electrons. The SMILES string of the molecule is Cc1cc(C)cc(N2C(=O)/C(=C/c3ccc(OCc4ccc(C(=O)O)cc4)c(I)c3)C(=O)NC2=S)c1. The largest absolute Gasteiger partial charge is 0.488 e. The van der Waals surface area contributed by atoms with Crippen LogP contribution >= 0.6 is 34.8 Å². The number of hydrogen-bond donors (Lipinski definition) is 2. The lowest BCUT2D eigenvalue weighted by Crippen LogP contribution is -2.54. The second-order valence-electron chi connectivity index (χ2n) is 8.28. The highest BCUT2D eigenvalue weighted by Gasteiger charge is 2.34. The Bertz CT molecular complexity index is 1410. The summed E-state index contributed by atoms with van der Waals surface area (Å²) in [5.74, 6) is -1.40. The third kappa shape index (κ3) is 5.63. The number of rotatable bonds is 6. The van der Waals surface area contributed by atoms with Gasteiger partial charge in [-0.1, -0.05) is 24.3 Å². The number of hydrogen-bond acceptors (Lipinski definition) is 5. The summed E-state index contributed by atoms with van der Waals surface area (Å²) in [6, 6.07) is 17.5. The predicted molar refractivity (Wildman–Crippen MR) is 149 cm³/mol. The van der Waals surface area contributed by atoms with Crippen LogP contribution in [0.2, 0.25) is 0 Å². The van der Waals surface area contributed by atoms with Gasteiger partial charge in [-0.25, -0.2) is 4.79 Å². The first kappa shape index (κ1) is 25.5. The maximum Gasteiger partial charge on any atom is 0.335 e. The Morgan fingerprint density at radius 2 is 1.72 bits per heavy atom. The number of aromatic carboxylic acids is 1. The molecule has 3 aromatic carbocycles. The standard InChI is InChI=1S/C27H21IN2O5S/c1-15-9-16(2)11-20(10-15)30-25(32)21(24(31)29-27(30)36)12-18-5-8-23(22(28)13-18)35-14-17-3-6-19(7-4-17)26(33)34/h3-13H,14H2,1-2H3,(H,33,34)(H,29,31,36)/b21-12+. The number of nitrogens with zero attached hydrogens (tertiary/aromatic N) is 1. The van der Waals surface area contributed by atoms with Crippen LogP contribution in [0.1, 0.15) is 32.6 Å². The van der Waals surface area contributed by atoms with Gasteiger partial charge in [-0.15, -0.1) is 0 Å². The van der Waals surface area contributed by atoms with E-state index in [1.165, 1.54) is 23.1 Å². The fourth-order valence-electron chi connectivity index (χ4n) is 3.77. The van der Waals surface area contributed by atoms with E-state index in [0.717, 1.165) is 20.3 Å². The Morgan fingerprint density at radius 1 is 1.06 bits per heavy atom. The summed E-state index contributed by atoms with van der Waals surface area (Å²) in [6.45, 7) is 4.12. The van der Waals surface area contributed by atoms with Crippen molar-refractivity contribution < 1.29 is 24.2 Å². The number of thiocarbonyl (C=S) groups is 1. The van der Waals surface area contributed by atoms with Crippen molar-refractivity contribution in [2.45, 2.75) is 20.5 Å². The minimum atomic E-state index is -0.981. The molecule has 0 saturated carbocycles. The van der Waals surface area contributed by atoms with Crippen molar-refractivity contribution in [3.63, 3.8) is 0 Å². The van der Waals surface area contributed by atoms with Crippen molar-refractivity contribution in [1.82, 2.24) is 5.32 Å². The molecule has 0 atom stereocenters. The van der Waals surface area contributed by atoms with Gasteiger partial charge in [-0.3, -0.25) is 19.8 Å². The van der Waals surface area contributed by atoms with Gasteiger partial charge in [0.2, 0.25) is 0 Å². The summed E-state index contributed by atoms with van der Waals surface area (Å²) < 4.78 is 6.66. The van der Waals surface area contributed by atoms with Crippen LogP contribution in [0.3, 0.4) is 0 Å². The minimum absolute atomic E-state index is 0.0225. The van der Waals surface area contributed by atoms with Crippen LogP contribution in [0.25, 0.3) is 6.08 Å². The van der Waals surface area contributed by atoms with Gasteiger partial charge >= 0.3 is 5.97 Å². The fourth-order valence-corrected chi connectivity index (χ4v) is 4.74. The number of anilines is 1. The molecule has 182 valence electrons. The topological polar surface area (TPSA) is 95.9 Å². The Morgan fingerprint density at radius 3 is 2.33 bits per heavy atom. The van der Waals surface area contributed by atoms with Crippen LogP contribution in [0.5, 0.6) is 5.75 Å². The van der Waals surface area contributed by atoms with Crippen molar-refractivity contribution in [3.05, 3.63) is 97.6 Å². The number of carbonyl (C=O) groups is 3. The number of carbonyl (C=O) groups excluding carboxylic acids is 2. The first-order valence-electron chi connectivity index (χ1n) is 10.9. The minimum Gasteiger partial charge on any atom is -0.488 e. The van der Waals surface area contributed by atoms with Gasteiger partial charge in [0.15, 0.2) is 5.11 Å². The van der Waals surface area contributed by atoms with Crippen LogP contribution < -0.4 is 15.0 Å². The number of benzene rings is 3. The van der Waals surface area contributed by atoms with Gasteiger partial charge in [-0.2, -0.15) is 0 Å². The summed E-state index contributed by atoms with van der Waals surface area (Å²) in [6.07, 6.45) is 1.53. The average Bonchev–Trinajstić information content (AvgIpc) is 2.80. The van der Waals surface area contributed by atoms with E-state index in [0.29, 0.717) is 17.0 Å². The van der Waals surface area contributed by atoms with Gasteiger partial charge in [0, 0.05) is 0 Å². The molecule has 0 spiro atoms. The number of ether oxygens (including phenoxy) is 1. The van der Waals surface area contributed by atoms with Crippen molar-refractivity contribution in [2.75, 3.05) is 4.90 Å². The third-order valence-electron chi connectivity index (χ3n) is 5.43. The molecule has 1 aliphatic rings. The second-order valence-corrected chi connectivity index (χ2v) is 9.83. The molecular formula is C27H21IN2O5S. The first-order valence-corrected chi connectivity index (χ1v) is 12.4. The van der Waals surface area contributed by atoms with E-state index in [4.69, 9.17) is 22.1 Å². The molecule has 2 amide bonds. The second kappa shape index (κ2) is 10.6. The van der Waals surface area contributed by atoms with Crippen molar-refractivity contribution in [2.24, 2.45) is 0 Å². The molecule has 9 heteroatoms. The zero-order chi connectivity index (χ0) is 26.0. The fraction of sp³-hybridized carbons (Fsp3) is 0.111. The number of aryl methyl sites for hydroxylation is 2. The molecule has 3 aromatic rings. The summed E-state index contributed by atoms with van der Waals surface area (Å²) in [4.78, 5) is 38.3. The molecule has 0 unspecified atom stereocenters. The van der Waals surface area contributed by atoms with Gasteiger partial charge in [0.05, 0.1) is 14.8 Å². The monoisotopic (exact) mass is 612 g/mol. The molecule has 2 N–H and O–H groups in total. The number of halogens is 1. The molecule has 7 nitrogen and oxygen atoms in total. The van der Waals surface area contributed by atoms with E-state index >= 15 is 0 Å². The molecule has 1 fully saturated rings. The van der Waals surface area contributed by atoms with E-state index < -0.39 is 17.8 Å². The van der Waals surface area contributed by atoms with E-state index in [-0.39, 0.29) is 22.9 Å². The first-order chi connectivity index (χ1) is 17.1. The van der Waals surface area contributed by atoms with E-state index in [1.807, 2.05) is 38.1 Å². The number of carboxylic acid groups (broad SMARTS) is 1. The third-order valence-corrected chi connectivity index (χ3v) is 6.56. The van der Waals surface area contributed by atoms with Crippen LogP contribution in [0, 0.1) is 17.4 Å². The molecule has 0 aliphatic carbocycles. The maximum atomic E-state index is 13.3. The molecule has 1 aliphatic heterocycles. The maximum absolute atomic E-state index is 13.3. The molecule has 1 saturated heterocycles. The summed E-state index contributed by atoms with van der Waals surface area (Å²) in [7, 11) is 0. The average molecular weight is 612 g/mol. The van der Waals surface area contributed by atoms with E-state index in [1.54, 1.807) is 24.3 Å². The van der Waals surface area contributed by atoms with Crippen LogP contribution in [0.15, 0.2) is 66.2 Å². The van der Waals surface area contributed by atoms with Crippen molar-refractivity contribution >= 4 is 69.5 Å². The Balaban J connectivity index is 1.54. The normalized spacial score (nSPS) is 14.7. The molecule has 4 rings (SSSR count). The predicted octanol–water partition coefficient (Wildman–Crippen LogP) is 5.02. The lowest BCUT2D eigenvalue weighted by Gasteiger charge is -2.29. The summed E-state index contributed by atoms with van der Waals surface area (Å²) in [5, 5.41) is 11.7. The molecule has 0 aromatic heterocycles. The van der Waals surface area contributed by atoms with Crippen LogP contribution in [0.4, 0.5) is 5.69 Å². The van der Waals surface area contributed by atoms with Gasteiger partial charge in [-0.05, 0) is 113 Å². The highest BCUT2D eigenvalue weighted by atomic mass is 127. The smallest absolute Gasteiger partial charge is 0.335 e. The Labute approximate surface area is 226 Å². The Hall–Kier alpha value is -3.57. The molecule has 0 bridgehead atoms. The summed E-state index contributed by atoms with van der Waals surface area (Å²) in [5.41, 5.74) is 4.23. The zero-order valence-electron chi connectivity index (χ0n) is 19.4. The van der Waals surface area contributed by atoms with Crippen molar-refractivity contribution in [1.29, 1.82) is 0 Å². The van der Waals surface area contributed by atoms with E-state index in [2.05, 4.69) is 27.9 Å². The zero-order valence-corrected chi connectivity index (χ0v) is 22.3. The van der Waals surface area contributed by atoms with Crippen LogP contribution in [-0.2, 0) is 16.2 Å². The number of nitrogens with one attached hydrogen (secondary N) is 1. The summed E-state index contributed by atoms with van der Waals surface area (Å²) >= 11 is 7.42. The number of amides is 2. The van der Waals surface area contributed by atoms with Crippen molar-refractivity contribution in [3.8, 4) is 5.75 Å². The molecular weight excluding hydrogens is 591 g/mol. The lowest BCUT2D eigenvalue weighted by atomic mass is 10.1. The molecule has 36 heavy (non-hydrogen) atoms. The Kier molecular flexibility index (Phi) is 7.51. The number of carboxylic acids is 1. The highest BCUT2D eigenvalue weighted by molar-refractivity contribution is 14.1. The van der Waals surface area contributed by atoms with Gasteiger partial charge < -0.3 is 9.84 Å².